The van der Waals surface area contributed by atoms with E-state index < -0.39 is 6.10 Å². The fourth-order valence-electron chi connectivity index (χ4n) is 3.40. The first-order chi connectivity index (χ1) is 15.2. The molecule has 0 saturated carbocycles. The number of anilines is 1. The van der Waals surface area contributed by atoms with Gasteiger partial charge in [0, 0.05) is 37.0 Å². The van der Waals surface area contributed by atoms with E-state index in [0.29, 0.717) is 18.7 Å². The molecule has 0 spiro atoms. The normalized spacial score (nSPS) is 15.7. The molecule has 2 aromatic carbocycles. The highest BCUT2D eigenvalue weighted by atomic mass is 16.5. The molecule has 1 fully saturated rings. The number of carbonyl (C=O) groups is 1. The minimum atomic E-state index is -0.521. The van der Waals surface area contributed by atoms with Crippen LogP contribution in [0.5, 0.6) is 5.75 Å². The molecular formula is C25H32N2O4. The molecule has 1 aliphatic rings. The van der Waals surface area contributed by atoms with Gasteiger partial charge in [0.2, 0.25) is 5.91 Å². The molecule has 0 aliphatic carbocycles. The number of hydrogen-bond acceptors (Lipinski definition) is 5. The molecule has 1 heterocycles. The number of nitrogens with one attached hydrogen (secondary N) is 1. The molecule has 1 unspecified atom stereocenters. The van der Waals surface area contributed by atoms with Crippen molar-refractivity contribution in [1.82, 2.24) is 4.90 Å². The zero-order chi connectivity index (χ0) is 21.9. The Labute approximate surface area is 184 Å². The second-order valence-corrected chi connectivity index (χ2v) is 7.59. The number of rotatable bonds is 10. The Kier molecular flexibility index (Phi) is 9.09. The number of hydrogen-bond donors (Lipinski definition) is 2. The van der Waals surface area contributed by atoms with Crippen LogP contribution < -0.4 is 10.1 Å². The Morgan fingerprint density at radius 2 is 1.94 bits per heavy atom. The average Bonchev–Trinajstić information content (AvgIpc) is 2.81. The number of benzene rings is 2. The first-order valence-electron chi connectivity index (χ1n) is 10.9. The molecule has 3 rings (SSSR count). The van der Waals surface area contributed by atoms with Crippen LogP contribution in [0.1, 0.15) is 37.0 Å². The number of aliphatic hydroxyl groups excluding tert-OH is 1. The van der Waals surface area contributed by atoms with Crippen molar-refractivity contribution in [3.63, 3.8) is 0 Å². The van der Waals surface area contributed by atoms with E-state index in [-0.39, 0.29) is 5.91 Å². The van der Waals surface area contributed by atoms with Crippen LogP contribution in [0.3, 0.4) is 0 Å². The van der Waals surface area contributed by atoms with Gasteiger partial charge in [-0.2, -0.15) is 0 Å². The first kappa shape index (κ1) is 23.0. The molecule has 2 aromatic rings. The summed E-state index contributed by atoms with van der Waals surface area (Å²) < 4.78 is 11.1. The van der Waals surface area contributed by atoms with Crippen molar-refractivity contribution in [2.75, 3.05) is 44.8 Å². The second kappa shape index (κ2) is 12.2. The summed E-state index contributed by atoms with van der Waals surface area (Å²) in [6.07, 6.45) is 4.33. The molecule has 0 aromatic heterocycles. The number of carbonyl (C=O) groups excluding carboxylic acids is 1. The lowest BCUT2D eigenvalue weighted by Gasteiger charge is -2.27. The van der Waals surface area contributed by atoms with E-state index in [9.17, 15) is 9.90 Å². The van der Waals surface area contributed by atoms with Gasteiger partial charge in [0.15, 0.2) is 0 Å². The summed E-state index contributed by atoms with van der Waals surface area (Å²) in [5.41, 5.74) is 2.41. The third-order valence-electron chi connectivity index (χ3n) is 5.18. The molecule has 6 nitrogen and oxygen atoms in total. The van der Waals surface area contributed by atoms with Crippen LogP contribution in [0, 0.1) is 0 Å². The molecule has 1 atom stereocenters. The third-order valence-corrected chi connectivity index (χ3v) is 5.18. The second-order valence-electron chi connectivity index (χ2n) is 7.59. The molecule has 166 valence electrons. The lowest BCUT2D eigenvalue weighted by atomic mass is 10.1. The van der Waals surface area contributed by atoms with Crippen molar-refractivity contribution in [1.29, 1.82) is 0 Å². The summed E-state index contributed by atoms with van der Waals surface area (Å²) in [5.74, 6) is 0.551. The van der Waals surface area contributed by atoms with Crippen molar-refractivity contribution < 1.29 is 19.4 Å². The zero-order valence-corrected chi connectivity index (χ0v) is 18.1. The van der Waals surface area contributed by atoms with Gasteiger partial charge in [0.05, 0.1) is 25.9 Å². The summed E-state index contributed by atoms with van der Waals surface area (Å²) in [6, 6.07) is 15.0. The van der Waals surface area contributed by atoms with Crippen LogP contribution in [-0.2, 0) is 9.53 Å². The minimum absolute atomic E-state index is 0.217. The number of ether oxygens (including phenoxy) is 2. The molecular weight excluding hydrogens is 392 g/mol. The predicted octanol–water partition coefficient (Wildman–Crippen LogP) is 3.88. The van der Waals surface area contributed by atoms with Crippen molar-refractivity contribution >= 4 is 17.7 Å². The van der Waals surface area contributed by atoms with E-state index in [0.717, 1.165) is 56.1 Å². The van der Waals surface area contributed by atoms with E-state index in [4.69, 9.17) is 9.47 Å². The van der Waals surface area contributed by atoms with E-state index in [1.165, 1.54) is 6.08 Å². The lowest BCUT2D eigenvalue weighted by molar-refractivity contribution is -0.111. The number of aliphatic hydroxyl groups is 1. The Bertz CT molecular complexity index is 845. The molecule has 1 aliphatic heterocycles. The predicted molar refractivity (Wildman–Crippen MR) is 123 cm³/mol. The fraction of sp³-hybridized carbons (Fsp3) is 0.400. The van der Waals surface area contributed by atoms with Crippen LogP contribution in [0.15, 0.2) is 54.6 Å². The van der Waals surface area contributed by atoms with Crippen LogP contribution in [-0.4, -0.2) is 55.4 Å². The highest BCUT2D eigenvalue weighted by molar-refractivity contribution is 6.02. The first-order valence-corrected chi connectivity index (χ1v) is 10.9. The van der Waals surface area contributed by atoms with Crippen molar-refractivity contribution in [2.24, 2.45) is 0 Å². The summed E-state index contributed by atoms with van der Waals surface area (Å²) in [6.45, 7) is 6.90. The topological polar surface area (TPSA) is 71.0 Å². The highest BCUT2D eigenvalue weighted by Gasteiger charge is 2.14. The smallest absolute Gasteiger partial charge is 0.248 e. The van der Waals surface area contributed by atoms with Gasteiger partial charge in [0.1, 0.15) is 5.75 Å². The maximum Gasteiger partial charge on any atom is 0.248 e. The monoisotopic (exact) mass is 424 g/mol. The molecule has 1 saturated heterocycles. The summed E-state index contributed by atoms with van der Waals surface area (Å²) in [7, 11) is 0. The Hall–Kier alpha value is -2.67. The molecule has 1 amide bonds. The Morgan fingerprint density at radius 3 is 2.68 bits per heavy atom. The van der Waals surface area contributed by atoms with Crippen LogP contribution >= 0.6 is 0 Å². The summed E-state index contributed by atoms with van der Waals surface area (Å²) >= 11 is 0. The van der Waals surface area contributed by atoms with E-state index in [2.05, 4.69) is 17.1 Å². The summed E-state index contributed by atoms with van der Waals surface area (Å²) in [4.78, 5) is 14.6. The van der Waals surface area contributed by atoms with Crippen LogP contribution in [0.4, 0.5) is 5.69 Å². The van der Waals surface area contributed by atoms with E-state index in [1.807, 2.05) is 48.5 Å². The van der Waals surface area contributed by atoms with Crippen molar-refractivity contribution in [3.8, 4) is 5.75 Å². The Balaban J connectivity index is 1.50. The molecule has 6 heteroatoms. The largest absolute Gasteiger partial charge is 0.493 e. The summed E-state index contributed by atoms with van der Waals surface area (Å²) in [5, 5.41) is 13.3. The SMILES string of the molecule is CCCOc1ccccc1/C=C/C(=O)Nc1ccc(C(O)CCN2CCOCC2)cc1. The van der Waals surface area contributed by atoms with Crippen LogP contribution in [0.25, 0.3) is 6.08 Å². The van der Waals surface area contributed by atoms with E-state index in [1.54, 1.807) is 6.08 Å². The van der Waals surface area contributed by atoms with Gasteiger partial charge < -0.3 is 19.9 Å². The van der Waals surface area contributed by atoms with Gasteiger partial charge in [-0.3, -0.25) is 9.69 Å². The van der Waals surface area contributed by atoms with Crippen LogP contribution in [0.2, 0.25) is 0 Å². The zero-order valence-electron chi connectivity index (χ0n) is 18.1. The molecule has 2 N–H and O–H groups in total. The fourth-order valence-corrected chi connectivity index (χ4v) is 3.40. The van der Waals surface area contributed by atoms with Gasteiger partial charge in [-0.05, 0) is 42.7 Å². The number of morpholine rings is 1. The quantitative estimate of drug-likeness (QED) is 0.567. The number of amides is 1. The number of nitrogens with zero attached hydrogens (tertiary/aromatic N) is 1. The van der Waals surface area contributed by atoms with Gasteiger partial charge >= 0.3 is 0 Å². The van der Waals surface area contributed by atoms with Crippen molar-refractivity contribution in [3.05, 3.63) is 65.7 Å². The minimum Gasteiger partial charge on any atom is -0.493 e. The Morgan fingerprint density at radius 1 is 1.19 bits per heavy atom. The number of para-hydroxylation sites is 1. The highest BCUT2D eigenvalue weighted by Crippen LogP contribution is 2.21. The molecule has 0 radical (unpaired) electrons. The maximum absolute atomic E-state index is 12.3. The maximum atomic E-state index is 12.3. The van der Waals surface area contributed by atoms with Crippen molar-refractivity contribution in [2.45, 2.75) is 25.9 Å². The lowest BCUT2D eigenvalue weighted by Crippen LogP contribution is -2.37. The van der Waals surface area contributed by atoms with Gasteiger partial charge in [-0.15, -0.1) is 0 Å². The standard InChI is InChI=1S/C25H32N2O4/c1-2-17-31-24-6-4-3-5-21(24)9-12-25(29)26-22-10-7-20(8-11-22)23(28)13-14-27-15-18-30-19-16-27/h3-12,23,28H,2,13-19H2,1H3,(H,26,29)/b12-9+. The van der Waals surface area contributed by atoms with Gasteiger partial charge in [-0.1, -0.05) is 37.3 Å². The average molecular weight is 425 g/mol. The third kappa shape index (κ3) is 7.51. The molecule has 0 bridgehead atoms. The molecule has 31 heavy (non-hydrogen) atoms. The van der Waals surface area contributed by atoms with E-state index >= 15 is 0 Å². The van der Waals surface area contributed by atoms with Gasteiger partial charge in [0.25, 0.3) is 0 Å². The van der Waals surface area contributed by atoms with Gasteiger partial charge in [-0.25, -0.2) is 0 Å².